The van der Waals surface area contributed by atoms with Crippen LogP contribution in [0.15, 0.2) is 0 Å². The first-order valence-electron chi connectivity index (χ1n) is 7.45. The van der Waals surface area contributed by atoms with Crippen LogP contribution in [0.1, 0.15) is 39.5 Å². The molecule has 1 N–H and O–H groups in total. The molecule has 0 aromatic carbocycles. The van der Waals surface area contributed by atoms with Crippen molar-refractivity contribution in [1.29, 1.82) is 0 Å². The van der Waals surface area contributed by atoms with Crippen molar-refractivity contribution in [3.8, 4) is 0 Å². The number of carbonyl (C=O) groups excluding carboxylic acids is 1. The quantitative estimate of drug-likeness (QED) is 0.812. The molecule has 0 radical (unpaired) electrons. The second kappa shape index (κ2) is 4.39. The van der Waals surface area contributed by atoms with Gasteiger partial charge in [0.2, 0.25) is 0 Å². The van der Waals surface area contributed by atoms with E-state index in [4.69, 9.17) is 4.74 Å². The molecular weight excluding hydrogens is 266 g/mol. The summed E-state index contributed by atoms with van der Waals surface area (Å²) >= 11 is 0. The van der Waals surface area contributed by atoms with E-state index in [1.165, 1.54) is 0 Å². The van der Waals surface area contributed by atoms with Crippen LogP contribution in [0, 0.1) is 29.6 Å². The van der Waals surface area contributed by atoms with Gasteiger partial charge in [-0.25, -0.2) is 8.78 Å². The smallest absolute Gasteiger partial charge is 0.309 e. The van der Waals surface area contributed by atoms with Crippen molar-refractivity contribution in [1.82, 2.24) is 0 Å². The average Bonchev–Trinajstić information content (AvgIpc) is 2.32. The minimum absolute atomic E-state index is 0.128. The molecule has 4 fully saturated rings. The summed E-state index contributed by atoms with van der Waals surface area (Å²) in [6.45, 7) is 1.68. The highest BCUT2D eigenvalue weighted by molar-refractivity contribution is 5.74. The molecule has 114 valence electrons. The molecule has 4 rings (SSSR count). The third-order valence-corrected chi connectivity index (χ3v) is 5.69. The highest BCUT2D eigenvalue weighted by atomic mass is 19.3. The van der Waals surface area contributed by atoms with Crippen molar-refractivity contribution in [3.63, 3.8) is 0 Å². The fourth-order valence-corrected chi connectivity index (χ4v) is 4.84. The normalized spacial score (nSPS) is 46.5. The molecule has 3 nitrogen and oxygen atoms in total. The van der Waals surface area contributed by atoms with Crippen molar-refractivity contribution >= 4 is 5.97 Å². The average molecular weight is 288 g/mol. The lowest BCUT2D eigenvalue weighted by atomic mass is 9.46. The van der Waals surface area contributed by atoms with Crippen LogP contribution in [-0.4, -0.2) is 29.2 Å². The van der Waals surface area contributed by atoms with E-state index in [1.807, 2.05) is 0 Å². The van der Waals surface area contributed by atoms with Crippen LogP contribution in [0.25, 0.3) is 0 Å². The molecule has 0 aliphatic heterocycles. The van der Waals surface area contributed by atoms with E-state index in [-0.39, 0.29) is 17.8 Å². The topological polar surface area (TPSA) is 46.5 Å². The monoisotopic (exact) mass is 288 g/mol. The second-order valence-electron chi connectivity index (χ2n) is 7.30. The van der Waals surface area contributed by atoms with E-state index < -0.39 is 30.0 Å². The minimum atomic E-state index is -3.00. The summed E-state index contributed by atoms with van der Waals surface area (Å²) in [4.78, 5) is 12.2. The van der Waals surface area contributed by atoms with Gasteiger partial charge in [-0.05, 0) is 50.4 Å². The van der Waals surface area contributed by atoms with E-state index in [0.29, 0.717) is 5.92 Å². The van der Waals surface area contributed by atoms with Gasteiger partial charge in [0.1, 0.15) is 0 Å². The highest BCUT2D eigenvalue weighted by Gasteiger charge is 2.61. The molecule has 4 aliphatic carbocycles. The van der Waals surface area contributed by atoms with Crippen molar-refractivity contribution < 1.29 is 23.4 Å². The first-order chi connectivity index (χ1) is 9.18. The van der Waals surface area contributed by atoms with Gasteiger partial charge >= 0.3 is 5.97 Å². The van der Waals surface area contributed by atoms with Gasteiger partial charge in [0.15, 0.2) is 6.61 Å². The molecular formula is C15H22F2O3. The molecule has 0 spiro atoms. The van der Waals surface area contributed by atoms with Gasteiger partial charge in [0, 0.05) is 12.8 Å². The Balaban J connectivity index is 1.75. The number of hydrogen-bond donors (Lipinski definition) is 1. The summed E-state index contributed by atoms with van der Waals surface area (Å²) in [7, 11) is 0. The first-order valence-corrected chi connectivity index (χ1v) is 7.45. The van der Waals surface area contributed by atoms with Crippen LogP contribution >= 0.6 is 0 Å². The van der Waals surface area contributed by atoms with Crippen molar-refractivity contribution in [2.75, 3.05) is 6.61 Å². The van der Waals surface area contributed by atoms with Gasteiger partial charge in [0.05, 0.1) is 11.5 Å². The van der Waals surface area contributed by atoms with Crippen molar-refractivity contribution in [3.05, 3.63) is 0 Å². The SMILES string of the molecule is CC(F)(F)COC(=O)C1C2CC3CC(C2)C(C)(O)C1C3. The molecule has 5 heteroatoms. The lowest BCUT2D eigenvalue weighted by molar-refractivity contribution is -0.209. The van der Waals surface area contributed by atoms with Gasteiger partial charge < -0.3 is 9.84 Å². The maximum Gasteiger partial charge on any atom is 0.309 e. The molecule has 4 aliphatic rings. The summed E-state index contributed by atoms with van der Waals surface area (Å²) in [5.74, 6) is -3.03. The number of alkyl halides is 2. The van der Waals surface area contributed by atoms with Crippen LogP contribution in [0.2, 0.25) is 0 Å². The van der Waals surface area contributed by atoms with Crippen molar-refractivity contribution in [2.45, 2.75) is 51.1 Å². The number of aliphatic hydroxyl groups is 1. The van der Waals surface area contributed by atoms with E-state index >= 15 is 0 Å². The Labute approximate surface area is 117 Å². The standard InChI is InChI=1S/C15H22F2O3/c1-14(16,17)7-20-13(18)12-9-3-8-4-10(6-9)15(2,19)11(12)5-8/h8-12,19H,3-7H2,1-2H3. The number of halogens is 2. The van der Waals surface area contributed by atoms with Gasteiger partial charge in [-0.2, -0.15) is 0 Å². The predicted octanol–water partition coefficient (Wildman–Crippen LogP) is 2.62. The summed E-state index contributed by atoms with van der Waals surface area (Å²) in [5, 5.41) is 10.7. The zero-order chi connectivity index (χ0) is 14.7. The molecule has 0 amide bonds. The number of rotatable bonds is 3. The van der Waals surface area contributed by atoms with Gasteiger partial charge in [-0.1, -0.05) is 0 Å². The first kappa shape index (κ1) is 14.2. The fourth-order valence-electron chi connectivity index (χ4n) is 4.84. The van der Waals surface area contributed by atoms with Gasteiger partial charge in [-0.15, -0.1) is 0 Å². The predicted molar refractivity (Wildman–Crippen MR) is 68.1 cm³/mol. The number of hydrogen-bond acceptors (Lipinski definition) is 3. The summed E-state index contributed by atoms with van der Waals surface area (Å²) in [5.41, 5.74) is -0.855. The lowest BCUT2D eigenvalue weighted by Gasteiger charge is -2.60. The molecule has 0 aromatic rings. The molecule has 20 heavy (non-hydrogen) atoms. The Bertz CT molecular complexity index is 416. The molecule has 0 aromatic heterocycles. The third-order valence-electron chi connectivity index (χ3n) is 5.69. The molecule has 4 bridgehead atoms. The molecule has 6 atom stereocenters. The number of esters is 1. The van der Waals surface area contributed by atoms with Crippen LogP contribution < -0.4 is 0 Å². The summed E-state index contributed by atoms with van der Waals surface area (Å²) < 4.78 is 30.5. The molecule has 0 saturated heterocycles. The molecule has 0 heterocycles. The Morgan fingerprint density at radius 1 is 1.35 bits per heavy atom. The van der Waals surface area contributed by atoms with Crippen molar-refractivity contribution in [2.24, 2.45) is 29.6 Å². The van der Waals surface area contributed by atoms with E-state index in [9.17, 15) is 18.7 Å². The largest absolute Gasteiger partial charge is 0.459 e. The third kappa shape index (κ3) is 2.24. The fraction of sp³-hybridized carbons (Fsp3) is 0.933. The van der Waals surface area contributed by atoms with Gasteiger partial charge in [-0.3, -0.25) is 4.79 Å². The van der Waals surface area contributed by atoms with Crippen LogP contribution in [-0.2, 0) is 9.53 Å². The highest BCUT2D eigenvalue weighted by Crippen LogP contribution is 2.60. The number of carbonyl (C=O) groups is 1. The molecule has 6 unspecified atom stereocenters. The zero-order valence-electron chi connectivity index (χ0n) is 11.9. The molecule has 4 saturated carbocycles. The maximum atomic E-state index is 12.8. The van der Waals surface area contributed by atoms with Crippen LogP contribution in [0.4, 0.5) is 8.78 Å². The lowest BCUT2D eigenvalue weighted by Crippen LogP contribution is -2.62. The minimum Gasteiger partial charge on any atom is -0.459 e. The summed E-state index contributed by atoms with van der Waals surface area (Å²) in [6.07, 6.45) is 3.66. The second-order valence-corrected chi connectivity index (χ2v) is 7.30. The van der Waals surface area contributed by atoms with E-state index in [0.717, 1.165) is 32.6 Å². The summed E-state index contributed by atoms with van der Waals surface area (Å²) in [6, 6.07) is 0. The number of ether oxygens (including phenoxy) is 1. The Hall–Kier alpha value is -0.710. The van der Waals surface area contributed by atoms with Crippen LogP contribution in [0.3, 0.4) is 0 Å². The Kier molecular flexibility index (Phi) is 3.13. The van der Waals surface area contributed by atoms with Gasteiger partial charge in [0.25, 0.3) is 5.92 Å². The maximum absolute atomic E-state index is 12.8. The Morgan fingerprint density at radius 3 is 2.70 bits per heavy atom. The van der Waals surface area contributed by atoms with E-state index in [2.05, 4.69) is 0 Å². The van der Waals surface area contributed by atoms with E-state index in [1.54, 1.807) is 6.92 Å². The van der Waals surface area contributed by atoms with Crippen LogP contribution in [0.5, 0.6) is 0 Å². The zero-order valence-corrected chi connectivity index (χ0v) is 11.9. The Morgan fingerprint density at radius 2 is 2.05 bits per heavy atom.